The van der Waals surface area contributed by atoms with Crippen LogP contribution in [-0.2, 0) is 0 Å². The van der Waals surface area contributed by atoms with Crippen molar-refractivity contribution in [3.63, 3.8) is 0 Å². The standard InChI is InChI=1S/C13H12ClN/c1-9-12(7-11(15)8-13(9)14)10-5-3-2-4-6-10/h2-8H,15H2,1H3. The van der Waals surface area contributed by atoms with Crippen molar-refractivity contribution in [2.75, 3.05) is 5.73 Å². The van der Waals surface area contributed by atoms with Crippen molar-refractivity contribution in [1.82, 2.24) is 0 Å². The number of halogens is 1. The summed E-state index contributed by atoms with van der Waals surface area (Å²) in [4.78, 5) is 0. The quantitative estimate of drug-likeness (QED) is 0.721. The van der Waals surface area contributed by atoms with Gasteiger partial charge >= 0.3 is 0 Å². The summed E-state index contributed by atoms with van der Waals surface area (Å²) in [6.07, 6.45) is 0. The molecular weight excluding hydrogens is 206 g/mol. The van der Waals surface area contributed by atoms with Crippen molar-refractivity contribution in [3.8, 4) is 11.1 Å². The first-order valence-electron chi connectivity index (χ1n) is 4.79. The SMILES string of the molecule is Cc1c(Cl)cc(N)cc1-c1ccccc1. The third-order valence-corrected chi connectivity index (χ3v) is 2.84. The van der Waals surface area contributed by atoms with Crippen LogP contribution in [0.1, 0.15) is 5.56 Å². The van der Waals surface area contributed by atoms with Crippen molar-refractivity contribution in [1.29, 1.82) is 0 Å². The molecular formula is C13H12ClN. The molecule has 0 atom stereocenters. The number of nitrogens with two attached hydrogens (primary N) is 1. The van der Waals surface area contributed by atoms with E-state index in [-0.39, 0.29) is 0 Å². The van der Waals surface area contributed by atoms with E-state index in [1.807, 2.05) is 31.2 Å². The number of anilines is 1. The van der Waals surface area contributed by atoms with Gasteiger partial charge in [0, 0.05) is 10.7 Å². The highest BCUT2D eigenvalue weighted by Gasteiger charge is 2.05. The first-order chi connectivity index (χ1) is 7.18. The maximum Gasteiger partial charge on any atom is 0.0461 e. The van der Waals surface area contributed by atoms with Crippen LogP contribution in [0.25, 0.3) is 11.1 Å². The van der Waals surface area contributed by atoms with Crippen molar-refractivity contribution < 1.29 is 0 Å². The predicted octanol–water partition coefficient (Wildman–Crippen LogP) is 3.90. The maximum atomic E-state index is 6.09. The van der Waals surface area contributed by atoms with Gasteiger partial charge in [-0.15, -0.1) is 0 Å². The zero-order valence-electron chi connectivity index (χ0n) is 8.50. The lowest BCUT2D eigenvalue weighted by Crippen LogP contribution is -1.90. The van der Waals surface area contributed by atoms with E-state index in [0.29, 0.717) is 10.7 Å². The van der Waals surface area contributed by atoms with Crippen molar-refractivity contribution in [2.45, 2.75) is 6.92 Å². The van der Waals surface area contributed by atoms with Gasteiger partial charge in [-0.3, -0.25) is 0 Å². The first-order valence-corrected chi connectivity index (χ1v) is 5.17. The molecule has 0 radical (unpaired) electrons. The Kier molecular flexibility index (Phi) is 2.65. The monoisotopic (exact) mass is 217 g/mol. The van der Waals surface area contributed by atoms with Crippen LogP contribution in [0, 0.1) is 6.92 Å². The molecule has 0 bridgehead atoms. The summed E-state index contributed by atoms with van der Waals surface area (Å²) < 4.78 is 0. The molecule has 0 aliphatic rings. The van der Waals surface area contributed by atoms with Crippen LogP contribution in [-0.4, -0.2) is 0 Å². The van der Waals surface area contributed by atoms with Crippen LogP contribution in [0.15, 0.2) is 42.5 Å². The summed E-state index contributed by atoms with van der Waals surface area (Å²) in [7, 11) is 0. The lowest BCUT2D eigenvalue weighted by Gasteiger charge is -2.09. The van der Waals surface area contributed by atoms with E-state index < -0.39 is 0 Å². The van der Waals surface area contributed by atoms with Gasteiger partial charge in [0.1, 0.15) is 0 Å². The summed E-state index contributed by atoms with van der Waals surface area (Å²) >= 11 is 6.09. The van der Waals surface area contributed by atoms with Crippen molar-refractivity contribution >= 4 is 17.3 Å². The molecule has 0 aromatic heterocycles. The molecule has 0 spiro atoms. The fourth-order valence-corrected chi connectivity index (χ4v) is 1.85. The molecule has 2 aromatic carbocycles. The maximum absolute atomic E-state index is 6.09. The number of hydrogen-bond acceptors (Lipinski definition) is 1. The minimum absolute atomic E-state index is 0.699. The third-order valence-electron chi connectivity index (χ3n) is 2.45. The average Bonchev–Trinajstić information content (AvgIpc) is 2.24. The van der Waals surface area contributed by atoms with E-state index in [9.17, 15) is 0 Å². The van der Waals surface area contributed by atoms with Crippen molar-refractivity contribution in [2.24, 2.45) is 0 Å². The second-order valence-electron chi connectivity index (χ2n) is 3.54. The van der Waals surface area contributed by atoms with Gasteiger partial charge in [-0.25, -0.2) is 0 Å². The van der Waals surface area contributed by atoms with Gasteiger partial charge in [-0.1, -0.05) is 41.9 Å². The number of rotatable bonds is 1. The Bertz CT molecular complexity index is 477. The van der Waals surface area contributed by atoms with Gasteiger partial charge in [0.05, 0.1) is 0 Å². The summed E-state index contributed by atoms with van der Waals surface area (Å²) in [6, 6.07) is 13.8. The molecule has 2 aromatic rings. The Hall–Kier alpha value is -1.47. The van der Waals surface area contributed by atoms with Crippen LogP contribution >= 0.6 is 11.6 Å². The lowest BCUT2D eigenvalue weighted by atomic mass is 10.00. The highest BCUT2D eigenvalue weighted by molar-refractivity contribution is 6.32. The Balaban J connectivity index is 2.63. The predicted molar refractivity (Wildman–Crippen MR) is 66.0 cm³/mol. The Morgan fingerprint density at radius 1 is 1.07 bits per heavy atom. The van der Waals surface area contributed by atoms with Crippen molar-refractivity contribution in [3.05, 3.63) is 53.1 Å². The molecule has 2 rings (SSSR count). The topological polar surface area (TPSA) is 26.0 Å². The molecule has 1 nitrogen and oxygen atoms in total. The van der Waals surface area contributed by atoms with E-state index in [1.165, 1.54) is 0 Å². The first kappa shape index (κ1) is 10.1. The van der Waals surface area contributed by atoms with Crippen LogP contribution in [0.4, 0.5) is 5.69 Å². The third kappa shape index (κ3) is 1.97. The smallest absolute Gasteiger partial charge is 0.0461 e. The molecule has 0 heterocycles. The summed E-state index contributed by atoms with van der Waals surface area (Å²) in [5.41, 5.74) is 9.79. The average molecular weight is 218 g/mol. The number of benzene rings is 2. The number of hydrogen-bond donors (Lipinski definition) is 1. The van der Waals surface area contributed by atoms with Crippen LogP contribution < -0.4 is 5.73 Å². The molecule has 0 fully saturated rings. The van der Waals surface area contributed by atoms with Gasteiger partial charge in [0.2, 0.25) is 0 Å². The van der Waals surface area contributed by atoms with E-state index in [0.717, 1.165) is 16.7 Å². The van der Waals surface area contributed by atoms with E-state index in [4.69, 9.17) is 17.3 Å². The van der Waals surface area contributed by atoms with Crippen LogP contribution in [0.3, 0.4) is 0 Å². The summed E-state index contributed by atoms with van der Waals surface area (Å²) in [5.74, 6) is 0. The highest BCUT2D eigenvalue weighted by Crippen LogP contribution is 2.30. The largest absolute Gasteiger partial charge is 0.399 e. The molecule has 0 saturated carbocycles. The van der Waals surface area contributed by atoms with Gasteiger partial charge in [-0.2, -0.15) is 0 Å². The second kappa shape index (κ2) is 3.95. The Morgan fingerprint density at radius 3 is 2.40 bits per heavy atom. The molecule has 2 N–H and O–H groups in total. The van der Waals surface area contributed by atoms with Gasteiger partial charge in [-0.05, 0) is 35.7 Å². The minimum Gasteiger partial charge on any atom is -0.399 e. The van der Waals surface area contributed by atoms with Crippen LogP contribution in [0.5, 0.6) is 0 Å². The molecule has 0 aliphatic heterocycles. The molecule has 15 heavy (non-hydrogen) atoms. The molecule has 0 amide bonds. The van der Waals surface area contributed by atoms with Gasteiger partial charge in [0.25, 0.3) is 0 Å². The summed E-state index contributed by atoms with van der Waals surface area (Å²) in [6.45, 7) is 2.00. The Labute approximate surface area is 94.5 Å². The second-order valence-corrected chi connectivity index (χ2v) is 3.95. The normalized spacial score (nSPS) is 10.3. The molecule has 2 heteroatoms. The van der Waals surface area contributed by atoms with E-state index in [1.54, 1.807) is 6.07 Å². The zero-order chi connectivity index (χ0) is 10.8. The summed E-state index contributed by atoms with van der Waals surface area (Å²) in [5, 5.41) is 0.717. The molecule has 0 saturated heterocycles. The number of nitrogen functional groups attached to an aromatic ring is 1. The van der Waals surface area contributed by atoms with Gasteiger partial charge in [0.15, 0.2) is 0 Å². The van der Waals surface area contributed by atoms with Crippen LogP contribution in [0.2, 0.25) is 5.02 Å². The molecule has 0 aliphatic carbocycles. The minimum atomic E-state index is 0.699. The van der Waals surface area contributed by atoms with E-state index in [2.05, 4.69) is 12.1 Å². The zero-order valence-corrected chi connectivity index (χ0v) is 9.25. The van der Waals surface area contributed by atoms with Gasteiger partial charge < -0.3 is 5.73 Å². The fraction of sp³-hybridized carbons (Fsp3) is 0.0769. The fourth-order valence-electron chi connectivity index (χ4n) is 1.62. The lowest BCUT2D eigenvalue weighted by molar-refractivity contribution is 1.46. The molecule has 76 valence electrons. The highest BCUT2D eigenvalue weighted by atomic mass is 35.5. The molecule has 0 unspecified atom stereocenters. The Morgan fingerprint density at radius 2 is 1.73 bits per heavy atom. The van der Waals surface area contributed by atoms with E-state index >= 15 is 0 Å².